The Morgan fingerprint density at radius 3 is 2.94 bits per heavy atom. The molecule has 3 heterocycles. The molecule has 0 saturated carbocycles. The summed E-state index contributed by atoms with van der Waals surface area (Å²) in [5, 5.41) is 1.32. The molecule has 176 valence electrons. The molecule has 0 unspecified atom stereocenters. The number of carbonyl (C=O) groups is 1. The topological polar surface area (TPSA) is 69.5 Å². The molecule has 4 aromatic rings. The third kappa shape index (κ3) is 5.04. The van der Waals surface area contributed by atoms with Crippen LogP contribution in [0.1, 0.15) is 17.5 Å². The average molecular weight is 517 g/mol. The third-order valence-corrected chi connectivity index (χ3v) is 6.86. The summed E-state index contributed by atoms with van der Waals surface area (Å²) >= 11 is 7.77. The summed E-state index contributed by atoms with van der Waals surface area (Å²) in [6, 6.07) is 9.41. The Hall–Kier alpha value is -3.07. The molecule has 0 spiro atoms. The number of rotatable bonds is 7. The first-order valence-electron chi connectivity index (χ1n) is 10.5. The van der Waals surface area contributed by atoms with E-state index in [0.29, 0.717) is 28.2 Å². The fourth-order valence-electron chi connectivity index (χ4n) is 3.61. The van der Waals surface area contributed by atoms with Crippen LogP contribution in [-0.2, 0) is 11.3 Å². The van der Waals surface area contributed by atoms with Gasteiger partial charge in [0.1, 0.15) is 0 Å². The molecule has 0 fully saturated rings. The zero-order chi connectivity index (χ0) is 22.8. The van der Waals surface area contributed by atoms with Crippen molar-refractivity contribution in [3.63, 3.8) is 0 Å². The lowest BCUT2D eigenvalue weighted by Crippen LogP contribution is -2.30. The first-order valence-corrected chi connectivity index (χ1v) is 11.7. The van der Waals surface area contributed by atoms with Crippen LogP contribution in [0.25, 0.3) is 16.3 Å². The van der Waals surface area contributed by atoms with Crippen molar-refractivity contribution >= 4 is 62.7 Å². The Kier molecular flexibility index (Phi) is 7.41. The molecule has 1 aliphatic rings. The fraction of sp³-hybridized carbons (Fsp3) is 0.208. The van der Waals surface area contributed by atoms with Gasteiger partial charge in [-0.05, 0) is 54.8 Å². The van der Waals surface area contributed by atoms with Crippen molar-refractivity contribution in [3.8, 4) is 11.5 Å². The molecule has 0 N–H and O–H groups in total. The summed E-state index contributed by atoms with van der Waals surface area (Å²) in [7, 11) is 0. The van der Waals surface area contributed by atoms with Crippen LogP contribution in [0.4, 0.5) is 5.13 Å². The lowest BCUT2D eigenvalue weighted by Gasteiger charge is -2.18. The van der Waals surface area contributed by atoms with Crippen LogP contribution in [0.2, 0.25) is 5.02 Å². The number of halogens is 2. The van der Waals surface area contributed by atoms with E-state index < -0.39 is 0 Å². The van der Waals surface area contributed by atoms with Crippen LogP contribution in [0.15, 0.2) is 55.1 Å². The van der Waals surface area contributed by atoms with Gasteiger partial charge in [0.25, 0.3) is 5.91 Å². The van der Waals surface area contributed by atoms with Gasteiger partial charge in [0.15, 0.2) is 16.6 Å². The predicted molar refractivity (Wildman–Crippen MR) is 137 cm³/mol. The molecular formula is C24H22Cl2N4O3S. The maximum absolute atomic E-state index is 13.3. The van der Waals surface area contributed by atoms with Crippen molar-refractivity contribution in [1.29, 1.82) is 0 Å². The summed E-state index contributed by atoms with van der Waals surface area (Å²) in [6.45, 7) is 3.44. The Bertz CT molecular complexity index is 1340. The molecule has 2 aromatic carbocycles. The largest absolute Gasteiger partial charge is 0.454 e. The predicted octanol–water partition coefficient (Wildman–Crippen LogP) is 5.74. The summed E-state index contributed by atoms with van der Waals surface area (Å²) in [6.07, 6.45) is 9.54. The Balaban J connectivity index is 0.00000274. The van der Waals surface area contributed by atoms with Crippen molar-refractivity contribution in [1.82, 2.24) is 14.5 Å². The molecule has 0 radical (unpaired) electrons. The number of nitrogens with zero attached hydrogens (tertiary/aromatic N) is 4. The van der Waals surface area contributed by atoms with E-state index in [4.69, 9.17) is 26.1 Å². The zero-order valence-electron chi connectivity index (χ0n) is 18.3. The molecule has 0 atom stereocenters. The van der Waals surface area contributed by atoms with Crippen LogP contribution in [0.5, 0.6) is 11.5 Å². The molecule has 0 saturated heterocycles. The first-order chi connectivity index (χ1) is 16.1. The van der Waals surface area contributed by atoms with Gasteiger partial charge in [-0.3, -0.25) is 9.69 Å². The zero-order valence-corrected chi connectivity index (χ0v) is 20.7. The van der Waals surface area contributed by atoms with E-state index in [1.807, 2.05) is 48.0 Å². The van der Waals surface area contributed by atoms with Gasteiger partial charge in [0.2, 0.25) is 6.79 Å². The standard InChI is InChI=1S/C24H21ClN4O3S.ClH/c1-16-18(25)5-7-21-23(16)27-24(33-21)29(11-2-10-28-12-9-26-14-28)22(30)8-4-17-3-6-19-20(13-17)32-15-31-19;/h3-9,12-14H,2,10-11,15H2,1H3;1H/b8-4+;. The fourth-order valence-corrected chi connectivity index (χ4v) is 4.82. The van der Waals surface area contributed by atoms with Gasteiger partial charge in [-0.15, -0.1) is 12.4 Å². The average Bonchev–Trinajstić information content (AvgIpc) is 3.58. The normalized spacial score (nSPS) is 12.3. The lowest BCUT2D eigenvalue weighted by atomic mass is 10.2. The molecule has 34 heavy (non-hydrogen) atoms. The molecule has 5 rings (SSSR count). The van der Waals surface area contributed by atoms with Gasteiger partial charge in [-0.1, -0.05) is 29.0 Å². The smallest absolute Gasteiger partial charge is 0.252 e. The minimum Gasteiger partial charge on any atom is -0.454 e. The van der Waals surface area contributed by atoms with E-state index in [-0.39, 0.29) is 25.1 Å². The van der Waals surface area contributed by atoms with Crippen molar-refractivity contribution in [2.75, 3.05) is 18.2 Å². The van der Waals surface area contributed by atoms with Crippen molar-refractivity contribution < 1.29 is 14.3 Å². The highest BCUT2D eigenvalue weighted by atomic mass is 35.5. The molecule has 7 nitrogen and oxygen atoms in total. The number of hydrogen-bond acceptors (Lipinski definition) is 6. The van der Waals surface area contributed by atoms with Gasteiger partial charge >= 0.3 is 0 Å². The number of aryl methyl sites for hydroxylation is 2. The lowest BCUT2D eigenvalue weighted by molar-refractivity contribution is -0.114. The summed E-state index contributed by atoms with van der Waals surface area (Å²) in [5.74, 6) is 1.25. The maximum Gasteiger partial charge on any atom is 0.252 e. The van der Waals surface area contributed by atoms with Crippen molar-refractivity contribution in [3.05, 3.63) is 71.3 Å². The summed E-state index contributed by atoms with van der Waals surface area (Å²) < 4.78 is 13.8. The maximum atomic E-state index is 13.3. The molecule has 1 aliphatic heterocycles. The highest BCUT2D eigenvalue weighted by Gasteiger charge is 2.19. The Labute approximate surface area is 212 Å². The molecule has 1 amide bonds. The number of hydrogen-bond donors (Lipinski definition) is 0. The van der Waals surface area contributed by atoms with Crippen LogP contribution >= 0.6 is 35.3 Å². The van der Waals surface area contributed by atoms with E-state index in [2.05, 4.69) is 4.98 Å². The van der Waals surface area contributed by atoms with Gasteiger partial charge in [-0.25, -0.2) is 9.97 Å². The number of thiazole rings is 1. The van der Waals surface area contributed by atoms with Crippen LogP contribution < -0.4 is 14.4 Å². The monoisotopic (exact) mass is 516 g/mol. The van der Waals surface area contributed by atoms with E-state index in [0.717, 1.165) is 34.3 Å². The third-order valence-electron chi connectivity index (χ3n) is 5.41. The van der Waals surface area contributed by atoms with Crippen LogP contribution in [0, 0.1) is 6.92 Å². The number of amides is 1. The van der Waals surface area contributed by atoms with Gasteiger partial charge in [0.05, 0.1) is 16.5 Å². The molecule has 10 heteroatoms. The number of ether oxygens (including phenoxy) is 2. The number of anilines is 1. The van der Waals surface area contributed by atoms with Gasteiger partial charge < -0.3 is 14.0 Å². The highest BCUT2D eigenvalue weighted by Crippen LogP contribution is 2.35. The molecular weight excluding hydrogens is 495 g/mol. The Morgan fingerprint density at radius 1 is 1.26 bits per heavy atom. The van der Waals surface area contributed by atoms with Crippen molar-refractivity contribution in [2.45, 2.75) is 19.9 Å². The minimum atomic E-state index is -0.138. The molecule has 0 bridgehead atoms. The summed E-state index contributed by atoms with van der Waals surface area (Å²) in [5.41, 5.74) is 2.60. The second-order valence-corrected chi connectivity index (χ2v) is 9.02. The first kappa shape index (κ1) is 24.1. The van der Waals surface area contributed by atoms with E-state index in [1.165, 1.54) is 11.3 Å². The number of benzene rings is 2. The number of fused-ring (bicyclic) bond motifs is 2. The SMILES string of the molecule is Cc1c(Cl)ccc2sc(N(CCCn3ccnc3)C(=O)/C=C/c3ccc4c(c3)OCO4)nc12.Cl. The quantitative estimate of drug-likeness (QED) is 0.293. The molecule has 2 aromatic heterocycles. The minimum absolute atomic E-state index is 0. The highest BCUT2D eigenvalue weighted by molar-refractivity contribution is 7.22. The number of imidazole rings is 1. The second-order valence-electron chi connectivity index (χ2n) is 7.61. The second kappa shape index (κ2) is 10.5. The van der Waals surface area contributed by atoms with E-state index in [1.54, 1.807) is 29.6 Å². The Morgan fingerprint density at radius 2 is 2.12 bits per heavy atom. The number of carbonyl (C=O) groups excluding carboxylic acids is 1. The number of aromatic nitrogens is 3. The van der Waals surface area contributed by atoms with Crippen molar-refractivity contribution in [2.24, 2.45) is 0 Å². The molecule has 0 aliphatic carbocycles. The van der Waals surface area contributed by atoms with E-state index >= 15 is 0 Å². The van der Waals surface area contributed by atoms with E-state index in [9.17, 15) is 4.79 Å². The van der Waals surface area contributed by atoms with Gasteiger partial charge in [-0.2, -0.15) is 0 Å². The van der Waals surface area contributed by atoms with Crippen LogP contribution in [0.3, 0.4) is 0 Å². The van der Waals surface area contributed by atoms with Crippen LogP contribution in [-0.4, -0.2) is 33.8 Å². The summed E-state index contributed by atoms with van der Waals surface area (Å²) in [4.78, 5) is 23.8. The van der Waals surface area contributed by atoms with Gasteiger partial charge in [0, 0.05) is 36.6 Å².